The number of rotatable bonds is 6. The minimum atomic E-state index is -0.367. The van der Waals surface area contributed by atoms with Gasteiger partial charge in [-0.05, 0) is 47.7 Å². The number of thioether (sulfide) groups is 1. The second-order valence-electron chi connectivity index (χ2n) is 6.81. The van der Waals surface area contributed by atoms with Gasteiger partial charge < -0.3 is 4.74 Å². The standard InChI is InChI=1S/C24H17ClFNO3S/c25-19-11-9-16(10-12-19)14-27-23(28)22(31-24(27)29)13-17-5-2-4-8-21(17)30-15-18-6-1-3-7-20(18)26/h1-13H,14-15H2. The Labute approximate surface area is 188 Å². The third kappa shape index (κ3) is 4.98. The van der Waals surface area contributed by atoms with E-state index in [0.29, 0.717) is 26.8 Å². The van der Waals surface area contributed by atoms with Gasteiger partial charge in [-0.15, -0.1) is 0 Å². The van der Waals surface area contributed by atoms with Gasteiger partial charge in [0.05, 0.1) is 11.4 Å². The van der Waals surface area contributed by atoms with Crippen LogP contribution >= 0.6 is 23.4 Å². The van der Waals surface area contributed by atoms with Crippen molar-refractivity contribution in [3.8, 4) is 5.75 Å². The number of hydrogen-bond acceptors (Lipinski definition) is 4. The lowest BCUT2D eigenvalue weighted by Gasteiger charge is -2.12. The van der Waals surface area contributed by atoms with Gasteiger partial charge in [0.2, 0.25) is 0 Å². The van der Waals surface area contributed by atoms with E-state index in [4.69, 9.17) is 16.3 Å². The van der Waals surface area contributed by atoms with E-state index in [1.165, 1.54) is 11.0 Å². The Hall–Kier alpha value is -3.09. The van der Waals surface area contributed by atoms with Crippen LogP contribution < -0.4 is 4.74 Å². The molecule has 3 aromatic rings. The molecule has 7 heteroatoms. The summed E-state index contributed by atoms with van der Waals surface area (Å²) in [4.78, 5) is 26.7. The smallest absolute Gasteiger partial charge is 0.293 e. The molecule has 0 spiro atoms. The zero-order valence-corrected chi connectivity index (χ0v) is 17.8. The molecule has 4 nitrogen and oxygen atoms in total. The van der Waals surface area contributed by atoms with Crippen LogP contribution in [0.25, 0.3) is 6.08 Å². The zero-order valence-electron chi connectivity index (χ0n) is 16.3. The molecular weight excluding hydrogens is 437 g/mol. The summed E-state index contributed by atoms with van der Waals surface area (Å²) in [6.45, 7) is 0.222. The van der Waals surface area contributed by atoms with Crippen molar-refractivity contribution in [2.45, 2.75) is 13.2 Å². The molecular formula is C24H17ClFNO3S. The number of benzene rings is 3. The first-order valence-electron chi connectivity index (χ1n) is 9.46. The summed E-state index contributed by atoms with van der Waals surface area (Å²) in [7, 11) is 0. The van der Waals surface area contributed by atoms with Crippen LogP contribution in [0.2, 0.25) is 5.02 Å². The molecule has 1 aliphatic heterocycles. The number of amides is 2. The fraction of sp³-hybridized carbons (Fsp3) is 0.0833. The summed E-state index contributed by atoms with van der Waals surface area (Å²) in [5.74, 6) is -0.215. The molecule has 0 atom stereocenters. The summed E-state index contributed by atoms with van der Waals surface area (Å²) >= 11 is 6.78. The second kappa shape index (κ2) is 9.37. The van der Waals surface area contributed by atoms with E-state index in [2.05, 4.69) is 0 Å². The number of ether oxygens (including phenoxy) is 1. The van der Waals surface area contributed by atoms with Crippen molar-refractivity contribution in [3.63, 3.8) is 0 Å². The molecule has 0 aliphatic carbocycles. The van der Waals surface area contributed by atoms with Gasteiger partial charge in [0, 0.05) is 16.1 Å². The van der Waals surface area contributed by atoms with Crippen LogP contribution in [0.5, 0.6) is 5.75 Å². The van der Waals surface area contributed by atoms with Crippen molar-refractivity contribution in [3.05, 3.63) is 105 Å². The first kappa shape index (κ1) is 21.2. The van der Waals surface area contributed by atoms with E-state index in [0.717, 1.165) is 17.3 Å². The molecule has 0 bridgehead atoms. The van der Waals surface area contributed by atoms with Crippen LogP contribution in [0.15, 0.2) is 77.7 Å². The van der Waals surface area contributed by atoms with E-state index >= 15 is 0 Å². The Morgan fingerprint density at radius 1 is 0.968 bits per heavy atom. The maximum atomic E-state index is 13.9. The highest BCUT2D eigenvalue weighted by Gasteiger charge is 2.35. The third-order valence-corrected chi connectivity index (χ3v) is 5.83. The van der Waals surface area contributed by atoms with Crippen molar-refractivity contribution in [2.75, 3.05) is 0 Å². The lowest BCUT2D eigenvalue weighted by molar-refractivity contribution is -0.123. The summed E-state index contributed by atoms with van der Waals surface area (Å²) in [6.07, 6.45) is 1.63. The average molecular weight is 454 g/mol. The summed E-state index contributed by atoms with van der Waals surface area (Å²) in [5.41, 5.74) is 1.87. The Kier molecular flexibility index (Phi) is 6.39. The molecule has 1 heterocycles. The largest absolute Gasteiger partial charge is 0.488 e. The van der Waals surface area contributed by atoms with Crippen molar-refractivity contribution in [1.82, 2.24) is 4.90 Å². The molecule has 1 saturated heterocycles. The molecule has 156 valence electrons. The minimum absolute atomic E-state index is 0.0512. The van der Waals surface area contributed by atoms with Gasteiger partial charge in [0.25, 0.3) is 11.1 Å². The molecule has 0 radical (unpaired) electrons. The first-order valence-corrected chi connectivity index (χ1v) is 10.7. The summed E-state index contributed by atoms with van der Waals surface area (Å²) < 4.78 is 19.7. The highest BCUT2D eigenvalue weighted by atomic mass is 35.5. The van der Waals surface area contributed by atoms with Gasteiger partial charge in [0.15, 0.2) is 0 Å². The van der Waals surface area contributed by atoms with Crippen molar-refractivity contribution >= 4 is 40.6 Å². The summed E-state index contributed by atoms with van der Waals surface area (Å²) in [6, 6.07) is 20.5. The van der Waals surface area contributed by atoms with Crippen LogP contribution in [0, 0.1) is 5.82 Å². The van der Waals surface area contributed by atoms with Crippen LogP contribution in [0.4, 0.5) is 9.18 Å². The molecule has 1 fully saturated rings. The number of hydrogen-bond donors (Lipinski definition) is 0. The monoisotopic (exact) mass is 453 g/mol. The van der Waals surface area contributed by atoms with Gasteiger partial charge >= 0.3 is 0 Å². The average Bonchev–Trinajstić information content (AvgIpc) is 3.03. The highest BCUT2D eigenvalue weighted by molar-refractivity contribution is 8.18. The zero-order chi connectivity index (χ0) is 21.8. The molecule has 31 heavy (non-hydrogen) atoms. The lowest BCUT2D eigenvalue weighted by atomic mass is 10.1. The second-order valence-corrected chi connectivity index (χ2v) is 8.24. The third-order valence-electron chi connectivity index (χ3n) is 4.67. The number of carbonyl (C=O) groups is 2. The van der Waals surface area contributed by atoms with E-state index in [-0.39, 0.29) is 30.1 Å². The molecule has 4 rings (SSSR count). The molecule has 0 saturated carbocycles. The predicted molar refractivity (Wildman–Crippen MR) is 120 cm³/mol. The Balaban J connectivity index is 1.52. The molecule has 1 aliphatic rings. The van der Waals surface area contributed by atoms with Crippen LogP contribution in [-0.4, -0.2) is 16.0 Å². The number of halogens is 2. The maximum Gasteiger partial charge on any atom is 0.293 e. The van der Waals surface area contributed by atoms with Crippen LogP contribution in [0.1, 0.15) is 16.7 Å². The number of nitrogens with zero attached hydrogens (tertiary/aromatic N) is 1. The molecule has 0 unspecified atom stereocenters. The van der Waals surface area contributed by atoms with E-state index < -0.39 is 0 Å². The topological polar surface area (TPSA) is 46.6 Å². The number of carbonyl (C=O) groups excluding carboxylic acids is 2. The van der Waals surface area contributed by atoms with Crippen molar-refractivity contribution in [1.29, 1.82) is 0 Å². The van der Waals surface area contributed by atoms with Crippen molar-refractivity contribution in [2.24, 2.45) is 0 Å². The predicted octanol–water partition coefficient (Wildman–Crippen LogP) is 6.29. The fourth-order valence-corrected chi connectivity index (χ4v) is 4.01. The van der Waals surface area contributed by atoms with Crippen molar-refractivity contribution < 1.29 is 18.7 Å². The highest BCUT2D eigenvalue weighted by Crippen LogP contribution is 2.35. The Bertz CT molecular complexity index is 1160. The maximum absolute atomic E-state index is 13.9. The Morgan fingerprint density at radius 2 is 1.68 bits per heavy atom. The van der Waals surface area contributed by atoms with Gasteiger partial charge in [-0.2, -0.15) is 0 Å². The quantitative estimate of drug-likeness (QED) is 0.411. The number of imide groups is 1. The Morgan fingerprint density at radius 3 is 2.45 bits per heavy atom. The van der Waals surface area contributed by atoms with Crippen LogP contribution in [0.3, 0.4) is 0 Å². The van der Waals surface area contributed by atoms with Gasteiger partial charge in [0.1, 0.15) is 18.2 Å². The van der Waals surface area contributed by atoms with Gasteiger partial charge in [-0.3, -0.25) is 14.5 Å². The van der Waals surface area contributed by atoms with E-state index in [1.807, 2.05) is 0 Å². The molecule has 2 amide bonds. The summed E-state index contributed by atoms with van der Waals surface area (Å²) in [5, 5.41) is 0.251. The van der Waals surface area contributed by atoms with E-state index in [1.54, 1.807) is 72.8 Å². The molecule has 0 N–H and O–H groups in total. The fourth-order valence-electron chi connectivity index (χ4n) is 3.05. The van der Waals surface area contributed by atoms with Gasteiger partial charge in [-0.1, -0.05) is 60.1 Å². The van der Waals surface area contributed by atoms with Crippen LogP contribution in [-0.2, 0) is 17.9 Å². The first-order chi connectivity index (χ1) is 15.0. The normalized spacial score (nSPS) is 15.0. The lowest BCUT2D eigenvalue weighted by Crippen LogP contribution is -2.27. The number of para-hydroxylation sites is 1. The minimum Gasteiger partial charge on any atom is -0.488 e. The van der Waals surface area contributed by atoms with Gasteiger partial charge in [-0.25, -0.2) is 4.39 Å². The SMILES string of the molecule is O=C1SC(=Cc2ccccc2OCc2ccccc2F)C(=O)N1Cc1ccc(Cl)cc1. The molecule has 0 aromatic heterocycles. The molecule has 3 aromatic carbocycles. The van der Waals surface area contributed by atoms with E-state index in [9.17, 15) is 14.0 Å².